The maximum Gasteiger partial charge on any atom is 0.244 e. The second kappa shape index (κ2) is 8.56. The van der Waals surface area contributed by atoms with Crippen molar-refractivity contribution in [3.05, 3.63) is 52.8 Å². The summed E-state index contributed by atoms with van der Waals surface area (Å²) in [5.74, 6) is 0.113. The molecule has 150 valence electrons. The van der Waals surface area contributed by atoms with Crippen molar-refractivity contribution in [3.8, 4) is 0 Å². The van der Waals surface area contributed by atoms with Gasteiger partial charge in [0.2, 0.25) is 11.8 Å². The number of fused-ring (bicyclic) bond motifs is 1. The summed E-state index contributed by atoms with van der Waals surface area (Å²) in [5, 5.41) is 7.41. The number of hydrogen-bond donors (Lipinski definition) is 1. The van der Waals surface area contributed by atoms with Crippen LogP contribution in [0.15, 0.2) is 30.3 Å². The lowest BCUT2D eigenvalue weighted by Gasteiger charge is -2.34. The zero-order chi connectivity index (χ0) is 20.3. The van der Waals surface area contributed by atoms with Crippen LogP contribution in [-0.2, 0) is 29.2 Å². The third kappa shape index (κ3) is 4.25. The van der Waals surface area contributed by atoms with E-state index >= 15 is 0 Å². The van der Waals surface area contributed by atoms with Crippen LogP contribution < -0.4 is 5.32 Å². The SMILES string of the molecule is CCC(=O)NCc1cc2n(n1)CCN(C(=O)[C@@H](c1ccccc1C)N(C)C)C2. The number of rotatable bonds is 6. The molecule has 0 saturated carbocycles. The summed E-state index contributed by atoms with van der Waals surface area (Å²) in [6, 6.07) is 9.72. The van der Waals surface area contributed by atoms with Gasteiger partial charge < -0.3 is 10.2 Å². The molecule has 2 heterocycles. The minimum atomic E-state index is -0.306. The first kappa shape index (κ1) is 20.1. The molecule has 0 aliphatic carbocycles. The molecule has 0 fully saturated rings. The quantitative estimate of drug-likeness (QED) is 0.827. The van der Waals surface area contributed by atoms with Gasteiger partial charge in [0.05, 0.1) is 31.0 Å². The molecule has 2 aromatic rings. The molecule has 7 nitrogen and oxygen atoms in total. The highest BCUT2D eigenvalue weighted by molar-refractivity contribution is 5.83. The van der Waals surface area contributed by atoms with Crippen LogP contribution in [0, 0.1) is 6.92 Å². The molecular weight excluding hydrogens is 354 g/mol. The van der Waals surface area contributed by atoms with Crippen LogP contribution in [0.2, 0.25) is 0 Å². The maximum atomic E-state index is 13.4. The number of likely N-dealkylation sites (N-methyl/N-ethyl adjacent to an activating group) is 1. The third-order valence-electron chi connectivity index (χ3n) is 5.18. The lowest BCUT2D eigenvalue weighted by molar-refractivity contribution is -0.138. The number of carbonyl (C=O) groups excluding carboxylic acids is 2. The van der Waals surface area contributed by atoms with Crippen LogP contribution in [-0.4, -0.2) is 52.0 Å². The maximum absolute atomic E-state index is 13.4. The van der Waals surface area contributed by atoms with E-state index < -0.39 is 0 Å². The largest absolute Gasteiger partial charge is 0.350 e. The standard InChI is InChI=1S/C21H29N5O2/c1-5-19(27)22-13-16-12-17-14-25(10-11-26(17)23-16)21(28)20(24(3)4)18-9-7-6-8-15(18)2/h6-9,12,20H,5,10-11,13-14H2,1-4H3,(H,22,27)/t20-/m1/s1. The van der Waals surface area contributed by atoms with Crippen molar-refractivity contribution < 1.29 is 9.59 Å². The molecule has 1 aliphatic heterocycles. The Kier molecular flexibility index (Phi) is 6.14. The lowest BCUT2D eigenvalue weighted by atomic mass is 9.99. The fourth-order valence-electron chi connectivity index (χ4n) is 3.61. The summed E-state index contributed by atoms with van der Waals surface area (Å²) >= 11 is 0. The highest BCUT2D eigenvalue weighted by Gasteiger charge is 2.31. The van der Waals surface area contributed by atoms with Gasteiger partial charge in [0.15, 0.2) is 0 Å². The topological polar surface area (TPSA) is 70.5 Å². The molecule has 0 unspecified atom stereocenters. The van der Waals surface area contributed by atoms with Crippen LogP contribution in [0.1, 0.15) is 41.9 Å². The number of nitrogens with zero attached hydrogens (tertiary/aromatic N) is 4. The molecule has 28 heavy (non-hydrogen) atoms. The number of benzene rings is 1. The van der Waals surface area contributed by atoms with Crippen LogP contribution in [0.3, 0.4) is 0 Å². The fraction of sp³-hybridized carbons (Fsp3) is 0.476. The van der Waals surface area contributed by atoms with Crippen molar-refractivity contribution in [2.45, 2.75) is 45.9 Å². The first-order valence-electron chi connectivity index (χ1n) is 9.73. The number of aromatic nitrogens is 2. The Morgan fingerprint density at radius 3 is 2.68 bits per heavy atom. The molecule has 0 spiro atoms. The van der Waals surface area contributed by atoms with Gasteiger partial charge in [-0.15, -0.1) is 0 Å². The Bertz CT molecular complexity index is 858. The van der Waals surface area contributed by atoms with Gasteiger partial charge in [0, 0.05) is 13.0 Å². The number of nitrogens with one attached hydrogen (secondary N) is 1. The minimum Gasteiger partial charge on any atom is -0.350 e. The van der Waals surface area contributed by atoms with E-state index in [0.717, 1.165) is 22.5 Å². The highest BCUT2D eigenvalue weighted by atomic mass is 16.2. The monoisotopic (exact) mass is 383 g/mol. The summed E-state index contributed by atoms with van der Waals surface area (Å²) < 4.78 is 1.94. The number of hydrogen-bond acceptors (Lipinski definition) is 4. The Morgan fingerprint density at radius 2 is 2.00 bits per heavy atom. The summed E-state index contributed by atoms with van der Waals surface area (Å²) in [5.41, 5.74) is 3.99. The molecule has 0 radical (unpaired) electrons. The number of carbonyl (C=O) groups is 2. The minimum absolute atomic E-state index is 0.00910. The van der Waals surface area contributed by atoms with E-state index in [2.05, 4.69) is 10.4 Å². The van der Waals surface area contributed by atoms with Crippen molar-refractivity contribution in [1.29, 1.82) is 0 Å². The molecule has 1 aromatic heterocycles. The molecular formula is C21H29N5O2. The Balaban J connectivity index is 1.75. The second-order valence-corrected chi connectivity index (χ2v) is 7.46. The van der Waals surface area contributed by atoms with Gasteiger partial charge in [-0.3, -0.25) is 19.2 Å². The highest BCUT2D eigenvalue weighted by Crippen LogP contribution is 2.26. The van der Waals surface area contributed by atoms with Crippen molar-refractivity contribution >= 4 is 11.8 Å². The molecule has 3 rings (SSSR count). The number of amides is 2. The van der Waals surface area contributed by atoms with Crippen LogP contribution >= 0.6 is 0 Å². The molecule has 1 N–H and O–H groups in total. The average Bonchev–Trinajstić information content (AvgIpc) is 3.09. The first-order chi connectivity index (χ1) is 13.4. The van der Waals surface area contributed by atoms with E-state index in [1.165, 1.54) is 0 Å². The van der Waals surface area contributed by atoms with E-state index in [1.54, 1.807) is 0 Å². The van der Waals surface area contributed by atoms with Gasteiger partial charge in [-0.25, -0.2) is 0 Å². The summed E-state index contributed by atoms with van der Waals surface area (Å²) in [6.45, 7) is 6.11. The van der Waals surface area contributed by atoms with E-state index in [1.807, 2.05) is 72.8 Å². The van der Waals surface area contributed by atoms with E-state index in [9.17, 15) is 9.59 Å². The predicted octanol–water partition coefficient (Wildman–Crippen LogP) is 1.86. The molecule has 1 atom stereocenters. The molecule has 0 bridgehead atoms. The van der Waals surface area contributed by atoms with Gasteiger partial charge in [0.1, 0.15) is 6.04 Å². The summed E-state index contributed by atoms with van der Waals surface area (Å²) in [6.07, 6.45) is 0.459. The zero-order valence-corrected chi connectivity index (χ0v) is 17.1. The van der Waals surface area contributed by atoms with Crippen LogP contribution in [0.5, 0.6) is 0 Å². The Hall–Kier alpha value is -2.67. The average molecular weight is 383 g/mol. The smallest absolute Gasteiger partial charge is 0.244 e. The van der Waals surface area contributed by atoms with Gasteiger partial charge >= 0.3 is 0 Å². The van der Waals surface area contributed by atoms with Crippen molar-refractivity contribution in [3.63, 3.8) is 0 Å². The fourth-order valence-corrected chi connectivity index (χ4v) is 3.61. The van der Waals surface area contributed by atoms with Crippen LogP contribution in [0.25, 0.3) is 0 Å². The molecule has 1 aromatic carbocycles. The predicted molar refractivity (Wildman–Crippen MR) is 107 cm³/mol. The second-order valence-electron chi connectivity index (χ2n) is 7.46. The lowest BCUT2D eigenvalue weighted by Crippen LogP contribution is -2.44. The summed E-state index contributed by atoms with van der Waals surface area (Å²) in [7, 11) is 3.88. The molecule has 1 aliphatic rings. The van der Waals surface area contributed by atoms with Crippen molar-refractivity contribution in [2.75, 3.05) is 20.6 Å². The van der Waals surface area contributed by atoms with E-state index in [4.69, 9.17) is 0 Å². The Morgan fingerprint density at radius 1 is 1.25 bits per heavy atom. The van der Waals surface area contributed by atoms with Gasteiger partial charge in [-0.05, 0) is 38.2 Å². The van der Waals surface area contributed by atoms with Gasteiger partial charge in [0.25, 0.3) is 0 Å². The normalized spacial score (nSPS) is 14.7. The third-order valence-corrected chi connectivity index (χ3v) is 5.18. The number of aryl methyl sites for hydroxylation is 1. The van der Waals surface area contributed by atoms with Crippen LogP contribution in [0.4, 0.5) is 0 Å². The first-order valence-corrected chi connectivity index (χ1v) is 9.73. The van der Waals surface area contributed by atoms with E-state index in [0.29, 0.717) is 32.6 Å². The van der Waals surface area contributed by atoms with Crippen molar-refractivity contribution in [2.24, 2.45) is 0 Å². The Labute approximate surface area is 166 Å². The van der Waals surface area contributed by atoms with Gasteiger partial charge in [-0.2, -0.15) is 5.10 Å². The van der Waals surface area contributed by atoms with E-state index in [-0.39, 0.29) is 17.9 Å². The van der Waals surface area contributed by atoms with Crippen molar-refractivity contribution in [1.82, 2.24) is 24.9 Å². The molecule has 0 saturated heterocycles. The van der Waals surface area contributed by atoms with Gasteiger partial charge in [-0.1, -0.05) is 31.2 Å². The summed E-state index contributed by atoms with van der Waals surface area (Å²) in [4.78, 5) is 28.7. The zero-order valence-electron chi connectivity index (χ0n) is 17.1. The molecule has 7 heteroatoms. The molecule has 2 amide bonds.